The fraction of sp³-hybridized carbons (Fsp3) is 0.385. The fourth-order valence-corrected chi connectivity index (χ4v) is 3.31. The van der Waals surface area contributed by atoms with E-state index in [0.29, 0.717) is 25.2 Å². The summed E-state index contributed by atoms with van der Waals surface area (Å²) in [7, 11) is 0. The van der Waals surface area contributed by atoms with Gasteiger partial charge in [-0.05, 0) is 47.1 Å². The molecule has 1 atom stereocenters. The van der Waals surface area contributed by atoms with Gasteiger partial charge in [0.25, 0.3) is 0 Å². The van der Waals surface area contributed by atoms with Gasteiger partial charge in [-0.15, -0.1) is 0 Å². The summed E-state index contributed by atoms with van der Waals surface area (Å²) in [5.41, 5.74) is 0.701. The second-order valence-electron chi connectivity index (χ2n) is 4.73. The van der Waals surface area contributed by atoms with Crippen molar-refractivity contribution in [3.05, 3.63) is 27.1 Å². The molecule has 1 aliphatic heterocycles. The topological polar surface area (TPSA) is 69.6 Å². The Morgan fingerprint density at radius 1 is 1.40 bits per heavy atom. The molecule has 1 fully saturated rings. The first-order valence-electron chi connectivity index (χ1n) is 6.16. The number of likely N-dealkylation sites (tertiary alicyclic amines) is 1. The summed E-state index contributed by atoms with van der Waals surface area (Å²) in [6, 6.07) is 5.50. The molecule has 0 saturated carbocycles. The summed E-state index contributed by atoms with van der Waals surface area (Å²) in [5.74, 6) is -1.29. The minimum Gasteiger partial charge on any atom is -0.481 e. The average molecular weight is 406 g/mol. The van der Waals surface area contributed by atoms with Gasteiger partial charge in [0.2, 0.25) is 5.91 Å². The summed E-state index contributed by atoms with van der Waals surface area (Å²) < 4.78 is 1.72. The molecule has 0 aromatic heterocycles. The lowest BCUT2D eigenvalue weighted by Crippen LogP contribution is -2.32. The number of carboxylic acids is 1. The van der Waals surface area contributed by atoms with Crippen LogP contribution in [0.5, 0.6) is 0 Å². The van der Waals surface area contributed by atoms with Crippen LogP contribution < -0.4 is 5.32 Å². The molecule has 1 heterocycles. The van der Waals surface area contributed by atoms with Crippen molar-refractivity contribution in [1.29, 1.82) is 0 Å². The number of carbonyl (C=O) groups excluding carboxylic acids is 1. The van der Waals surface area contributed by atoms with Gasteiger partial charge in [-0.25, -0.2) is 0 Å². The molecule has 5 nitrogen and oxygen atoms in total. The van der Waals surface area contributed by atoms with E-state index >= 15 is 0 Å². The van der Waals surface area contributed by atoms with Gasteiger partial charge in [-0.2, -0.15) is 0 Å². The van der Waals surface area contributed by atoms with Crippen molar-refractivity contribution in [2.45, 2.75) is 6.42 Å². The smallest absolute Gasteiger partial charge is 0.307 e. The van der Waals surface area contributed by atoms with Gasteiger partial charge in [-0.1, -0.05) is 15.9 Å². The molecule has 1 aromatic carbocycles. The van der Waals surface area contributed by atoms with Crippen molar-refractivity contribution in [2.24, 2.45) is 5.92 Å². The van der Waals surface area contributed by atoms with E-state index in [9.17, 15) is 9.59 Å². The zero-order valence-corrected chi connectivity index (χ0v) is 13.8. The quantitative estimate of drug-likeness (QED) is 0.807. The van der Waals surface area contributed by atoms with Gasteiger partial charge in [0.05, 0.1) is 18.2 Å². The van der Waals surface area contributed by atoms with Crippen molar-refractivity contribution in [3.63, 3.8) is 0 Å². The van der Waals surface area contributed by atoms with Crippen LogP contribution in [0.2, 0.25) is 0 Å². The van der Waals surface area contributed by atoms with E-state index in [4.69, 9.17) is 5.11 Å². The van der Waals surface area contributed by atoms with Crippen LogP contribution in [0.4, 0.5) is 5.69 Å². The maximum absolute atomic E-state index is 11.9. The minimum atomic E-state index is -0.788. The molecule has 2 rings (SSSR count). The molecule has 1 saturated heterocycles. The highest BCUT2D eigenvalue weighted by molar-refractivity contribution is 9.11. The van der Waals surface area contributed by atoms with E-state index in [0.717, 1.165) is 8.95 Å². The van der Waals surface area contributed by atoms with E-state index in [2.05, 4.69) is 37.2 Å². The highest BCUT2D eigenvalue weighted by Gasteiger charge is 2.28. The van der Waals surface area contributed by atoms with Crippen molar-refractivity contribution in [1.82, 2.24) is 4.90 Å². The van der Waals surface area contributed by atoms with Crippen molar-refractivity contribution >= 4 is 49.4 Å². The first-order valence-corrected chi connectivity index (χ1v) is 7.74. The Hall–Kier alpha value is -0.920. The molecule has 0 bridgehead atoms. The second-order valence-corrected chi connectivity index (χ2v) is 6.50. The molecule has 7 heteroatoms. The monoisotopic (exact) mass is 404 g/mol. The number of carbonyl (C=O) groups is 2. The molecule has 20 heavy (non-hydrogen) atoms. The largest absolute Gasteiger partial charge is 0.481 e. The molecular formula is C13H14Br2N2O3. The van der Waals surface area contributed by atoms with E-state index in [1.807, 2.05) is 17.0 Å². The van der Waals surface area contributed by atoms with Gasteiger partial charge in [0, 0.05) is 15.5 Å². The standard InChI is InChI=1S/C13H14Br2N2O3/c14-9-1-2-11(10(15)5-9)16-12(18)7-17-4-3-8(6-17)13(19)20/h1-2,5,8H,3-4,6-7H2,(H,16,18)(H,19,20). The Balaban J connectivity index is 1.88. The number of nitrogens with one attached hydrogen (secondary N) is 1. The summed E-state index contributed by atoms with van der Waals surface area (Å²) in [5, 5.41) is 11.7. The molecule has 0 spiro atoms. The average Bonchev–Trinajstić information content (AvgIpc) is 2.81. The number of rotatable bonds is 4. The molecular weight excluding hydrogens is 392 g/mol. The number of nitrogens with zero attached hydrogens (tertiary/aromatic N) is 1. The lowest BCUT2D eigenvalue weighted by Gasteiger charge is -2.15. The highest BCUT2D eigenvalue weighted by atomic mass is 79.9. The van der Waals surface area contributed by atoms with E-state index < -0.39 is 5.97 Å². The van der Waals surface area contributed by atoms with Crippen LogP contribution in [-0.2, 0) is 9.59 Å². The zero-order chi connectivity index (χ0) is 14.7. The van der Waals surface area contributed by atoms with Crippen molar-refractivity contribution < 1.29 is 14.7 Å². The summed E-state index contributed by atoms with van der Waals surface area (Å²) in [6.07, 6.45) is 0.602. The van der Waals surface area contributed by atoms with Gasteiger partial charge in [0.1, 0.15) is 0 Å². The maximum atomic E-state index is 11.9. The first-order chi connectivity index (χ1) is 9.45. The van der Waals surface area contributed by atoms with Gasteiger partial charge in [-0.3, -0.25) is 14.5 Å². The first kappa shape index (κ1) is 15.5. The van der Waals surface area contributed by atoms with Crippen molar-refractivity contribution in [2.75, 3.05) is 25.0 Å². The van der Waals surface area contributed by atoms with Gasteiger partial charge >= 0.3 is 5.97 Å². The molecule has 108 valence electrons. The Morgan fingerprint density at radius 2 is 2.15 bits per heavy atom. The Labute approximate surface area is 133 Å². The van der Waals surface area contributed by atoms with E-state index in [1.54, 1.807) is 6.07 Å². The van der Waals surface area contributed by atoms with Crippen LogP contribution in [0.1, 0.15) is 6.42 Å². The Kier molecular flexibility index (Phi) is 5.17. The Morgan fingerprint density at radius 3 is 2.75 bits per heavy atom. The van der Waals surface area contributed by atoms with Gasteiger partial charge < -0.3 is 10.4 Å². The maximum Gasteiger partial charge on any atom is 0.307 e. The SMILES string of the molecule is O=C(CN1CCC(C(=O)O)C1)Nc1ccc(Br)cc1Br. The third kappa shape index (κ3) is 4.04. The molecule has 1 aromatic rings. The van der Waals surface area contributed by atoms with Crippen LogP contribution in [0.15, 0.2) is 27.1 Å². The van der Waals surface area contributed by atoms with Crippen LogP contribution >= 0.6 is 31.9 Å². The van der Waals surface area contributed by atoms with E-state index in [1.165, 1.54) is 0 Å². The predicted molar refractivity (Wildman–Crippen MR) is 82.7 cm³/mol. The fourth-order valence-electron chi connectivity index (χ4n) is 2.16. The summed E-state index contributed by atoms with van der Waals surface area (Å²) >= 11 is 6.73. The molecule has 0 radical (unpaired) electrons. The third-order valence-corrected chi connectivity index (χ3v) is 4.34. The highest BCUT2D eigenvalue weighted by Crippen LogP contribution is 2.26. The number of hydrogen-bond acceptors (Lipinski definition) is 3. The van der Waals surface area contributed by atoms with Crippen LogP contribution in [0, 0.1) is 5.92 Å². The number of amides is 1. The Bertz CT molecular complexity index is 536. The lowest BCUT2D eigenvalue weighted by molar-refractivity contribution is -0.141. The van der Waals surface area contributed by atoms with Crippen LogP contribution in [0.25, 0.3) is 0 Å². The van der Waals surface area contributed by atoms with Crippen LogP contribution in [0.3, 0.4) is 0 Å². The molecule has 1 aliphatic rings. The predicted octanol–water partition coefficient (Wildman–Crippen LogP) is 2.56. The number of anilines is 1. The number of benzene rings is 1. The lowest BCUT2D eigenvalue weighted by atomic mass is 10.1. The summed E-state index contributed by atoms with van der Waals surface area (Å²) in [4.78, 5) is 24.7. The summed E-state index contributed by atoms with van der Waals surface area (Å²) in [6.45, 7) is 1.29. The normalized spacial score (nSPS) is 19.0. The number of carboxylic acid groups (broad SMARTS) is 1. The number of aliphatic carboxylic acids is 1. The minimum absolute atomic E-state index is 0.140. The second kappa shape index (κ2) is 6.69. The molecule has 1 unspecified atom stereocenters. The molecule has 2 N–H and O–H groups in total. The third-order valence-electron chi connectivity index (χ3n) is 3.19. The van der Waals surface area contributed by atoms with Crippen molar-refractivity contribution in [3.8, 4) is 0 Å². The number of halogens is 2. The number of hydrogen-bond donors (Lipinski definition) is 2. The van der Waals surface area contributed by atoms with Crippen LogP contribution in [-0.4, -0.2) is 41.5 Å². The zero-order valence-electron chi connectivity index (χ0n) is 10.6. The van der Waals surface area contributed by atoms with Gasteiger partial charge in [0.15, 0.2) is 0 Å². The van der Waals surface area contributed by atoms with E-state index in [-0.39, 0.29) is 18.4 Å². The molecule has 1 amide bonds. The molecule has 0 aliphatic carbocycles.